The second-order valence-corrected chi connectivity index (χ2v) is 5.93. The molecule has 0 bridgehead atoms. The van der Waals surface area contributed by atoms with E-state index in [9.17, 15) is 9.59 Å². The van der Waals surface area contributed by atoms with Crippen LogP contribution in [0.5, 0.6) is 0 Å². The van der Waals surface area contributed by atoms with Gasteiger partial charge in [-0.15, -0.1) is 0 Å². The summed E-state index contributed by atoms with van der Waals surface area (Å²) in [5.74, 6) is 0.862. The summed E-state index contributed by atoms with van der Waals surface area (Å²) in [5, 5.41) is 0. The van der Waals surface area contributed by atoms with E-state index in [0.29, 0.717) is 18.4 Å². The Labute approximate surface area is 130 Å². The third-order valence-corrected chi connectivity index (χ3v) is 4.50. The van der Waals surface area contributed by atoms with Gasteiger partial charge in [-0.2, -0.15) is 0 Å². The van der Waals surface area contributed by atoms with Crippen LogP contribution in [0.3, 0.4) is 0 Å². The average Bonchev–Trinajstić information content (AvgIpc) is 3.08. The molecule has 0 amide bonds. The van der Waals surface area contributed by atoms with E-state index in [1.54, 1.807) is 6.26 Å². The smallest absolute Gasteiger partial charge is 0.163 e. The van der Waals surface area contributed by atoms with Gasteiger partial charge in [0.1, 0.15) is 11.5 Å². The number of benzene rings is 1. The molecule has 0 N–H and O–H groups in total. The minimum Gasteiger partial charge on any atom is -0.469 e. The van der Waals surface area contributed by atoms with Crippen LogP contribution in [-0.4, -0.2) is 11.6 Å². The van der Waals surface area contributed by atoms with Gasteiger partial charge in [0.2, 0.25) is 0 Å². The lowest BCUT2D eigenvalue weighted by Crippen LogP contribution is -2.27. The van der Waals surface area contributed by atoms with Gasteiger partial charge in [0, 0.05) is 30.2 Å². The van der Waals surface area contributed by atoms with Crippen molar-refractivity contribution in [1.82, 2.24) is 0 Å². The molecule has 3 rings (SSSR count). The second-order valence-electron chi connectivity index (χ2n) is 5.93. The molecule has 2 aromatic rings. The first-order valence-electron chi connectivity index (χ1n) is 7.90. The van der Waals surface area contributed by atoms with Crippen LogP contribution in [0.15, 0.2) is 53.1 Å². The minimum atomic E-state index is -0.143. The number of hydrogen-bond donors (Lipinski definition) is 0. The van der Waals surface area contributed by atoms with Crippen LogP contribution >= 0.6 is 0 Å². The quantitative estimate of drug-likeness (QED) is 0.768. The molecule has 1 heterocycles. The molecule has 1 aromatic heterocycles. The molecule has 22 heavy (non-hydrogen) atoms. The van der Waals surface area contributed by atoms with Crippen LogP contribution in [0, 0.1) is 5.92 Å². The lowest BCUT2D eigenvalue weighted by Gasteiger charge is -2.27. The summed E-state index contributed by atoms with van der Waals surface area (Å²) in [5.41, 5.74) is 0.697. The molecule has 1 aliphatic rings. The summed E-state index contributed by atoms with van der Waals surface area (Å²) in [6.45, 7) is 0. The first-order valence-corrected chi connectivity index (χ1v) is 7.90. The van der Waals surface area contributed by atoms with E-state index in [4.69, 9.17) is 4.42 Å². The molecule has 0 unspecified atom stereocenters. The first-order chi connectivity index (χ1) is 10.8. The Morgan fingerprint density at radius 1 is 1.14 bits per heavy atom. The highest BCUT2D eigenvalue weighted by atomic mass is 16.3. The fraction of sp³-hybridized carbons (Fsp3) is 0.368. The van der Waals surface area contributed by atoms with Crippen molar-refractivity contribution in [1.29, 1.82) is 0 Å². The highest BCUT2D eigenvalue weighted by Crippen LogP contribution is 2.37. The van der Waals surface area contributed by atoms with Gasteiger partial charge in [-0.3, -0.25) is 9.59 Å². The number of ketones is 2. The van der Waals surface area contributed by atoms with Gasteiger partial charge in [-0.05, 0) is 25.0 Å². The van der Waals surface area contributed by atoms with Gasteiger partial charge in [0.15, 0.2) is 5.78 Å². The summed E-state index contributed by atoms with van der Waals surface area (Å²) in [6, 6.07) is 13.0. The van der Waals surface area contributed by atoms with Gasteiger partial charge >= 0.3 is 0 Å². The average molecular weight is 296 g/mol. The maximum Gasteiger partial charge on any atom is 0.163 e. The molecule has 1 aliphatic carbocycles. The van der Waals surface area contributed by atoms with Crippen molar-refractivity contribution in [3.8, 4) is 0 Å². The Hall–Kier alpha value is -2.16. The molecule has 3 heteroatoms. The zero-order valence-electron chi connectivity index (χ0n) is 12.5. The third-order valence-electron chi connectivity index (χ3n) is 4.50. The molecule has 114 valence electrons. The van der Waals surface area contributed by atoms with E-state index in [2.05, 4.69) is 0 Å². The molecule has 1 aromatic carbocycles. The molecule has 0 spiro atoms. The van der Waals surface area contributed by atoms with Crippen molar-refractivity contribution in [2.45, 2.75) is 38.0 Å². The summed E-state index contributed by atoms with van der Waals surface area (Å²) in [6.07, 6.45) is 5.43. The minimum absolute atomic E-state index is 0.0698. The number of carbonyl (C=O) groups is 2. The van der Waals surface area contributed by atoms with E-state index in [1.165, 1.54) is 0 Å². The molecule has 0 radical (unpaired) electrons. The van der Waals surface area contributed by atoms with Crippen molar-refractivity contribution in [2.75, 3.05) is 0 Å². The predicted octanol–water partition coefficient (Wildman–Crippen LogP) is 4.40. The predicted molar refractivity (Wildman–Crippen MR) is 83.8 cm³/mol. The van der Waals surface area contributed by atoms with Crippen LogP contribution in [0.25, 0.3) is 0 Å². The highest BCUT2D eigenvalue weighted by Gasteiger charge is 2.34. The second kappa shape index (κ2) is 6.73. The van der Waals surface area contributed by atoms with Crippen molar-refractivity contribution in [2.24, 2.45) is 5.92 Å². The number of hydrogen-bond acceptors (Lipinski definition) is 3. The van der Waals surface area contributed by atoms with E-state index in [0.717, 1.165) is 25.0 Å². The summed E-state index contributed by atoms with van der Waals surface area (Å²) < 4.78 is 5.53. The SMILES string of the molecule is O=C(C[C@H](c1ccco1)[C@H]1CCCCC1=O)c1ccccc1. The van der Waals surface area contributed by atoms with Gasteiger partial charge in [-0.1, -0.05) is 36.8 Å². The van der Waals surface area contributed by atoms with Crippen molar-refractivity contribution < 1.29 is 14.0 Å². The Bertz CT molecular complexity index is 628. The Morgan fingerprint density at radius 2 is 1.95 bits per heavy atom. The molecule has 1 saturated carbocycles. The van der Waals surface area contributed by atoms with E-state index in [-0.39, 0.29) is 23.4 Å². The van der Waals surface area contributed by atoms with Crippen LogP contribution in [0.2, 0.25) is 0 Å². The molecular formula is C19H20O3. The standard InChI is InChI=1S/C19H20O3/c20-17-10-5-4-9-15(17)16(19-11-6-12-22-19)13-18(21)14-7-2-1-3-8-14/h1-3,6-8,11-12,15-16H,4-5,9-10,13H2/t15-,16+/m1/s1. The van der Waals surface area contributed by atoms with E-state index < -0.39 is 0 Å². The Kier molecular flexibility index (Phi) is 4.52. The topological polar surface area (TPSA) is 47.3 Å². The fourth-order valence-electron chi connectivity index (χ4n) is 3.32. The van der Waals surface area contributed by atoms with E-state index >= 15 is 0 Å². The van der Waals surface area contributed by atoms with Gasteiger partial charge in [0.05, 0.1) is 6.26 Å². The molecule has 2 atom stereocenters. The van der Waals surface area contributed by atoms with Crippen molar-refractivity contribution in [3.05, 3.63) is 60.1 Å². The molecule has 3 nitrogen and oxygen atoms in total. The summed E-state index contributed by atoms with van der Waals surface area (Å²) in [4.78, 5) is 24.8. The maximum absolute atomic E-state index is 12.5. The lowest BCUT2D eigenvalue weighted by atomic mass is 9.75. The van der Waals surface area contributed by atoms with E-state index in [1.807, 2.05) is 42.5 Å². The van der Waals surface area contributed by atoms with Gasteiger partial charge in [0.25, 0.3) is 0 Å². The molecule has 0 saturated heterocycles. The number of Topliss-reactive ketones (excluding diaryl/α,β-unsaturated/α-hetero) is 2. The summed E-state index contributed by atoms with van der Waals surface area (Å²) in [7, 11) is 0. The Morgan fingerprint density at radius 3 is 2.64 bits per heavy atom. The maximum atomic E-state index is 12.5. The summed E-state index contributed by atoms with van der Waals surface area (Å²) >= 11 is 0. The van der Waals surface area contributed by atoms with Crippen molar-refractivity contribution >= 4 is 11.6 Å². The number of carbonyl (C=O) groups excluding carboxylic acids is 2. The first kappa shape index (κ1) is 14.8. The zero-order chi connectivity index (χ0) is 15.4. The highest BCUT2D eigenvalue weighted by molar-refractivity contribution is 5.97. The number of furan rings is 1. The van der Waals surface area contributed by atoms with Crippen LogP contribution in [-0.2, 0) is 4.79 Å². The molecule has 1 fully saturated rings. The number of rotatable bonds is 5. The normalized spacial score (nSPS) is 19.8. The largest absolute Gasteiger partial charge is 0.469 e. The van der Waals surface area contributed by atoms with Crippen LogP contribution in [0.4, 0.5) is 0 Å². The van der Waals surface area contributed by atoms with Gasteiger partial charge < -0.3 is 4.42 Å². The molecule has 0 aliphatic heterocycles. The third kappa shape index (κ3) is 3.19. The fourth-order valence-corrected chi connectivity index (χ4v) is 3.32. The monoisotopic (exact) mass is 296 g/mol. The van der Waals surface area contributed by atoms with Crippen LogP contribution in [0.1, 0.15) is 54.1 Å². The van der Waals surface area contributed by atoms with Crippen molar-refractivity contribution in [3.63, 3.8) is 0 Å². The van der Waals surface area contributed by atoms with Crippen LogP contribution < -0.4 is 0 Å². The zero-order valence-corrected chi connectivity index (χ0v) is 12.5. The van der Waals surface area contributed by atoms with Gasteiger partial charge in [-0.25, -0.2) is 0 Å². The lowest BCUT2D eigenvalue weighted by molar-refractivity contribution is -0.125. The molecular weight excluding hydrogens is 276 g/mol. The Balaban J connectivity index is 1.83.